The number of nitrogens with one attached hydrogen (secondary N) is 2. The first-order valence-corrected chi connectivity index (χ1v) is 13.4. The van der Waals surface area contributed by atoms with Gasteiger partial charge in [0.25, 0.3) is 11.7 Å². The molecular formula is C25H24ClF3N10OS. The first kappa shape index (κ1) is 30.0. The van der Waals surface area contributed by atoms with Crippen LogP contribution >= 0.6 is 23.4 Å². The molecule has 0 aliphatic heterocycles. The summed E-state index contributed by atoms with van der Waals surface area (Å²) >= 11 is 7.73. The second kappa shape index (κ2) is 11.9. The molecule has 0 aliphatic carbocycles. The van der Waals surface area contributed by atoms with Gasteiger partial charge in [-0.05, 0) is 74.0 Å². The molecule has 0 unspecified atom stereocenters. The van der Waals surface area contributed by atoms with Crippen LogP contribution in [0.3, 0.4) is 0 Å². The molecule has 4 aromatic rings. The minimum absolute atomic E-state index is 0.0465. The van der Waals surface area contributed by atoms with Crippen LogP contribution in [0.15, 0.2) is 41.4 Å². The summed E-state index contributed by atoms with van der Waals surface area (Å²) in [4.78, 5) is 18.5. The molecule has 16 heteroatoms. The van der Waals surface area contributed by atoms with Crippen molar-refractivity contribution in [1.29, 1.82) is 5.26 Å². The van der Waals surface area contributed by atoms with E-state index in [1.54, 1.807) is 25.1 Å². The van der Waals surface area contributed by atoms with Gasteiger partial charge in [-0.25, -0.2) is 14.3 Å². The summed E-state index contributed by atoms with van der Waals surface area (Å²) in [5, 5.41) is 29.8. The molecule has 214 valence electrons. The van der Waals surface area contributed by atoms with Crippen molar-refractivity contribution in [2.45, 2.75) is 50.9 Å². The molecule has 3 heterocycles. The van der Waals surface area contributed by atoms with E-state index in [1.807, 2.05) is 20.8 Å². The van der Waals surface area contributed by atoms with Crippen LogP contribution in [0.1, 0.15) is 53.9 Å². The summed E-state index contributed by atoms with van der Waals surface area (Å²) in [5.74, 6) is -1.34. The Morgan fingerprint density at radius 1 is 1.22 bits per heavy atom. The maximum absolute atomic E-state index is 13.7. The van der Waals surface area contributed by atoms with Crippen LogP contribution in [0.2, 0.25) is 5.02 Å². The van der Waals surface area contributed by atoms with Gasteiger partial charge in [-0.3, -0.25) is 4.79 Å². The van der Waals surface area contributed by atoms with Gasteiger partial charge in [0, 0.05) is 22.5 Å². The summed E-state index contributed by atoms with van der Waals surface area (Å²) in [6.45, 7) is 7.33. The monoisotopic (exact) mass is 604 g/mol. The Kier molecular flexibility index (Phi) is 8.66. The Bertz CT molecular complexity index is 1620. The third-order valence-corrected chi connectivity index (χ3v) is 6.74. The standard InChI is InChI=1S/C25H24ClF3N10OS/c1-14-8-15(11-30)9-19(41-13-32-24(2,3)4)20(14)33-22(40)18-10-16(12-38-23(25(27,28)29)34-36-37-38)35-39(18)21-17(26)6-5-7-31-21/h5-10,32H,12-13H2,1-4H3,(H,33,40). The quantitative estimate of drug-likeness (QED) is 0.213. The lowest BCUT2D eigenvalue weighted by atomic mass is 10.1. The van der Waals surface area contributed by atoms with Crippen molar-refractivity contribution >= 4 is 35.0 Å². The lowest BCUT2D eigenvalue weighted by Crippen LogP contribution is -2.35. The third kappa shape index (κ3) is 7.20. The van der Waals surface area contributed by atoms with Gasteiger partial charge in [0.05, 0.1) is 34.6 Å². The van der Waals surface area contributed by atoms with Gasteiger partial charge in [0.1, 0.15) is 5.69 Å². The van der Waals surface area contributed by atoms with Crippen LogP contribution in [0.25, 0.3) is 5.82 Å². The number of tetrazole rings is 1. The zero-order valence-electron chi connectivity index (χ0n) is 22.3. The SMILES string of the molecule is Cc1cc(C#N)cc(SCNC(C)(C)C)c1NC(=O)c1cc(Cn2nnnc2C(F)(F)F)nn1-c1ncccc1Cl. The second-order valence-electron chi connectivity index (χ2n) is 9.85. The first-order chi connectivity index (χ1) is 19.3. The smallest absolute Gasteiger partial charge is 0.319 e. The van der Waals surface area contributed by atoms with Gasteiger partial charge in [-0.15, -0.1) is 16.9 Å². The van der Waals surface area contributed by atoms with E-state index in [4.69, 9.17) is 11.6 Å². The van der Waals surface area contributed by atoms with Crippen LogP contribution in [0, 0.1) is 18.3 Å². The van der Waals surface area contributed by atoms with E-state index >= 15 is 0 Å². The average Bonchev–Trinajstić information content (AvgIpc) is 3.53. The van der Waals surface area contributed by atoms with E-state index in [-0.39, 0.29) is 27.8 Å². The number of benzene rings is 1. The molecule has 41 heavy (non-hydrogen) atoms. The van der Waals surface area contributed by atoms with Gasteiger partial charge in [0.2, 0.25) is 0 Å². The highest BCUT2D eigenvalue weighted by molar-refractivity contribution is 7.99. The zero-order chi connectivity index (χ0) is 29.9. The highest BCUT2D eigenvalue weighted by Gasteiger charge is 2.38. The molecule has 0 aliphatic rings. The number of carbonyl (C=O) groups is 1. The van der Waals surface area contributed by atoms with E-state index in [0.29, 0.717) is 32.3 Å². The van der Waals surface area contributed by atoms with E-state index < -0.39 is 24.5 Å². The topological polar surface area (TPSA) is 139 Å². The Balaban J connectivity index is 1.73. The Morgan fingerprint density at radius 2 is 1.98 bits per heavy atom. The number of hydrogen-bond donors (Lipinski definition) is 2. The highest BCUT2D eigenvalue weighted by Crippen LogP contribution is 2.33. The largest absolute Gasteiger partial charge is 0.453 e. The summed E-state index contributed by atoms with van der Waals surface area (Å²) in [7, 11) is 0. The molecule has 0 radical (unpaired) electrons. The molecule has 0 fully saturated rings. The number of alkyl halides is 3. The highest BCUT2D eigenvalue weighted by atomic mass is 35.5. The van der Waals surface area contributed by atoms with E-state index in [1.165, 1.54) is 30.1 Å². The van der Waals surface area contributed by atoms with E-state index in [2.05, 4.69) is 42.3 Å². The van der Waals surface area contributed by atoms with Gasteiger partial charge in [-0.1, -0.05) is 11.6 Å². The molecular weight excluding hydrogens is 581 g/mol. The van der Waals surface area contributed by atoms with Gasteiger partial charge >= 0.3 is 6.18 Å². The molecule has 0 bridgehead atoms. The number of nitrogens with zero attached hydrogens (tertiary/aromatic N) is 8. The van der Waals surface area contributed by atoms with Crippen LogP contribution in [0.5, 0.6) is 0 Å². The Morgan fingerprint density at radius 3 is 2.63 bits per heavy atom. The van der Waals surface area contributed by atoms with Crippen LogP contribution in [-0.4, -0.2) is 52.3 Å². The maximum atomic E-state index is 13.7. The van der Waals surface area contributed by atoms with Crippen molar-refractivity contribution in [1.82, 2.24) is 40.3 Å². The van der Waals surface area contributed by atoms with Gasteiger partial charge in [-0.2, -0.15) is 23.5 Å². The number of nitriles is 1. The summed E-state index contributed by atoms with van der Waals surface area (Å²) < 4.78 is 41.7. The molecule has 11 nitrogen and oxygen atoms in total. The Hall–Kier alpha value is -4.00. The number of carbonyl (C=O) groups excluding carboxylic acids is 1. The normalized spacial score (nSPS) is 11.9. The molecule has 0 saturated carbocycles. The fourth-order valence-corrected chi connectivity index (χ4v) is 5.06. The van der Waals surface area contributed by atoms with Crippen molar-refractivity contribution in [2.24, 2.45) is 0 Å². The number of amides is 1. The van der Waals surface area contributed by atoms with Crippen molar-refractivity contribution < 1.29 is 18.0 Å². The molecule has 0 spiro atoms. The summed E-state index contributed by atoms with van der Waals surface area (Å²) in [6.07, 6.45) is -3.35. The minimum Gasteiger partial charge on any atom is -0.319 e. The lowest BCUT2D eigenvalue weighted by Gasteiger charge is -2.21. The third-order valence-electron chi connectivity index (χ3n) is 5.53. The van der Waals surface area contributed by atoms with Crippen LogP contribution in [0.4, 0.5) is 18.9 Å². The molecule has 1 aromatic carbocycles. The molecule has 0 atom stereocenters. The predicted molar refractivity (Wildman–Crippen MR) is 146 cm³/mol. The number of hydrogen-bond acceptors (Lipinski definition) is 9. The summed E-state index contributed by atoms with van der Waals surface area (Å²) in [5.41, 5.74) is 1.38. The second-order valence-corrected chi connectivity index (χ2v) is 11.3. The van der Waals surface area contributed by atoms with Gasteiger partial charge in [0.15, 0.2) is 5.82 Å². The average molecular weight is 605 g/mol. The maximum Gasteiger partial charge on any atom is 0.453 e. The van der Waals surface area contributed by atoms with Crippen molar-refractivity contribution in [2.75, 3.05) is 11.2 Å². The van der Waals surface area contributed by atoms with Gasteiger partial charge < -0.3 is 10.6 Å². The number of aryl methyl sites for hydroxylation is 1. The number of thioether (sulfide) groups is 1. The number of pyridine rings is 1. The predicted octanol–water partition coefficient (Wildman–Crippen LogP) is 4.84. The zero-order valence-corrected chi connectivity index (χ0v) is 23.9. The lowest BCUT2D eigenvalue weighted by molar-refractivity contribution is -0.147. The van der Waals surface area contributed by atoms with Crippen molar-refractivity contribution in [3.05, 3.63) is 69.9 Å². The molecule has 3 aromatic heterocycles. The van der Waals surface area contributed by atoms with E-state index in [0.717, 1.165) is 4.68 Å². The first-order valence-electron chi connectivity index (χ1n) is 12.0. The van der Waals surface area contributed by atoms with Crippen LogP contribution < -0.4 is 10.6 Å². The minimum atomic E-state index is -4.79. The Labute approximate surface area is 242 Å². The number of rotatable bonds is 8. The summed E-state index contributed by atoms with van der Waals surface area (Å²) in [6, 6.07) is 9.88. The number of halogens is 4. The fraction of sp³-hybridized carbons (Fsp3) is 0.320. The van der Waals surface area contributed by atoms with Crippen molar-refractivity contribution in [3.8, 4) is 11.9 Å². The molecule has 4 rings (SSSR count). The van der Waals surface area contributed by atoms with Crippen molar-refractivity contribution in [3.63, 3.8) is 0 Å². The molecule has 1 amide bonds. The molecule has 0 saturated heterocycles. The molecule has 2 N–H and O–H groups in total. The number of anilines is 1. The van der Waals surface area contributed by atoms with E-state index in [9.17, 15) is 23.2 Å². The van der Waals surface area contributed by atoms with Crippen LogP contribution in [-0.2, 0) is 12.7 Å². The fourth-order valence-electron chi connectivity index (χ4n) is 3.63. The number of aromatic nitrogens is 7.